The SMILES string of the molecule is Nc1ccc(-c2nnnn2-c2cc(Cl)ccc2Cl)cc1Cl. The van der Waals surface area contributed by atoms with Crippen LogP contribution in [0.5, 0.6) is 0 Å². The Morgan fingerprint density at radius 3 is 2.52 bits per heavy atom. The molecule has 0 atom stereocenters. The maximum atomic E-state index is 6.18. The van der Waals surface area contributed by atoms with Gasteiger partial charge in [0.05, 0.1) is 21.4 Å². The van der Waals surface area contributed by atoms with Crippen molar-refractivity contribution in [3.05, 3.63) is 51.5 Å². The fourth-order valence-electron chi connectivity index (χ4n) is 1.84. The van der Waals surface area contributed by atoms with Gasteiger partial charge in [0.1, 0.15) is 0 Å². The first-order valence-electron chi connectivity index (χ1n) is 5.85. The molecule has 0 unspecified atom stereocenters. The Labute approximate surface area is 135 Å². The van der Waals surface area contributed by atoms with Gasteiger partial charge in [0.2, 0.25) is 0 Å². The lowest BCUT2D eigenvalue weighted by atomic mass is 10.2. The van der Waals surface area contributed by atoms with Crippen LogP contribution in [0.15, 0.2) is 36.4 Å². The molecule has 0 aliphatic rings. The molecule has 3 rings (SSSR count). The molecule has 0 saturated heterocycles. The van der Waals surface area contributed by atoms with E-state index >= 15 is 0 Å². The maximum absolute atomic E-state index is 6.18. The number of benzene rings is 2. The molecule has 0 aliphatic carbocycles. The molecule has 0 fully saturated rings. The van der Waals surface area contributed by atoms with Crippen molar-refractivity contribution in [3.8, 4) is 17.1 Å². The zero-order valence-corrected chi connectivity index (χ0v) is 12.7. The van der Waals surface area contributed by atoms with E-state index in [1.165, 1.54) is 4.68 Å². The van der Waals surface area contributed by atoms with Gasteiger partial charge in [-0.3, -0.25) is 0 Å². The number of hydrogen-bond acceptors (Lipinski definition) is 4. The lowest BCUT2D eigenvalue weighted by Crippen LogP contribution is -2.01. The number of tetrazole rings is 1. The van der Waals surface area contributed by atoms with E-state index in [9.17, 15) is 0 Å². The largest absolute Gasteiger partial charge is 0.398 e. The summed E-state index contributed by atoms with van der Waals surface area (Å²) < 4.78 is 1.50. The summed E-state index contributed by atoms with van der Waals surface area (Å²) in [4.78, 5) is 0. The summed E-state index contributed by atoms with van der Waals surface area (Å²) in [6, 6.07) is 10.2. The van der Waals surface area contributed by atoms with Gasteiger partial charge in [-0.15, -0.1) is 5.10 Å². The topological polar surface area (TPSA) is 69.6 Å². The normalized spacial score (nSPS) is 10.8. The Hall–Kier alpha value is -1.82. The highest BCUT2D eigenvalue weighted by molar-refractivity contribution is 6.34. The van der Waals surface area contributed by atoms with E-state index in [0.717, 1.165) is 5.56 Å². The van der Waals surface area contributed by atoms with Crippen LogP contribution in [0, 0.1) is 0 Å². The average molecular weight is 341 g/mol. The number of halogens is 3. The molecule has 1 aromatic heterocycles. The minimum absolute atomic E-state index is 0.430. The lowest BCUT2D eigenvalue weighted by molar-refractivity contribution is 0.791. The second kappa shape index (κ2) is 5.52. The van der Waals surface area contributed by atoms with Crippen LogP contribution in [0.1, 0.15) is 0 Å². The Bertz CT molecular complexity index is 815. The summed E-state index contributed by atoms with van der Waals surface area (Å²) in [6.07, 6.45) is 0. The average Bonchev–Trinajstić information content (AvgIpc) is 2.93. The number of nitrogens with two attached hydrogens (primary N) is 1. The third-order valence-corrected chi connectivity index (χ3v) is 3.75. The fraction of sp³-hybridized carbons (Fsp3) is 0. The number of hydrogen-bond donors (Lipinski definition) is 1. The van der Waals surface area contributed by atoms with Gasteiger partial charge >= 0.3 is 0 Å². The highest BCUT2D eigenvalue weighted by Crippen LogP contribution is 2.29. The summed E-state index contributed by atoms with van der Waals surface area (Å²) in [5, 5.41) is 13.1. The first-order chi connectivity index (χ1) is 10.1. The van der Waals surface area contributed by atoms with Crippen LogP contribution in [-0.4, -0.2) is 20.2 Å². The molecule has 0 spiro atoms. The van der Waals surface area contributed by atoms with Crippen LogP contribution in [0.25, 0.3) is 17.1 Å². The molecule has 0 bridgehead atoms. The lowest BCUT2D eigenvalue weighted by Gasteiger charge is -2.08. The van der Waals surface area contributed by atoms with E-state index in [0.29, 0.717) is 32.3 Å². The molecule has 0 aliphatic heterocycles. The third kappa shape index (κ3) is 2.68. The monoisotopic (exact) mass is 339 g/mol. The zero-order valence-electron chi connectivity index (χ0n) is 10.5. The van der Waals surface area contributed by atoms with Crippen LogP contribution in [-0.2, 0) is 0 Å². The summed E-state index contributed by atoms with van der Waals surface area (Å²) >= 11 is 18.2. The second-order valence-electron chi connectivity index (χ2n) is 4.25. The summed E-state index contributed by atoms with van der Waals surface area (Å²) in [7, 11) is 0. The molecule has 2 aromatic carbocycles. The highest BCUT2D eigenvalue weighted by Gasteiger charge is 2.14. The van der Waals surface area contributed by atoms with Crippen molar-refractivity contribution < 1.29 is 0 Å². The Morgan fingerprint density at radius 2 is 1.76 bits per heavy atom. The van der Waals surface area contributed by atoms with Gasteiger partial charge < -0.3 is 5.73 Å². The molecule has 1 heterocycles. The highest BCUT2D eigenvalue weighted by atomic mass is 35.5. The van der Waals surface area contributed by atoms with E-state index < -0.39 is 0 Å². The van der Waals surface area contributed by atoms with Crippen LogP contribution >= 0.6 is 34.8 Å². The third-order valence-electron chi connectivity index (χ3n) is 2.86. The van der Waals surface area contributed by atoms with Crippen molar-refractivity contribution in [1.82, 2.24) is 20.2 Å². The first kappa shape index (κ1) is 14.1. The van der Waals surface area contributed by atoms with E-state index in [2.05, 4.69) is 15.5 Å². The molecular weight excluding hydrogens is 333 g/mol. The number of rotatable bonds is 2. The van der Waals surface area contributed by atoms with Crippen LogP contribution < -0.4 is 5.73 Å². The minimum Gasteiger partial charge on any atom is -0.398 e. The summed E-state index contributed by atoms with van der Waals surface area (Å²) in [6.45, 7) is 0. The van der Waals surface area contributed by atoms with E-state index in [-0.39, 0.29) is 0 Å². The summed E-state index contributed by atoms with van der Waals surface area (Å²) in [5.74, 6) is 0.487. The Kier molecular flexibility index (Phi) is 3.71. The van der Waals surface area contributed by atoms with Crippen molar-refractivity contribution >= 4 is 40.5 Å². The molecule has 21 heavy (non-hydrogen) atoms. The van der Waals surface area contributed by atoms with Crippen molar-refractivity contribution in [2.75, 3.05) is 5.73 Å². The number of nitrogens with zero attached hydrogens (tertiary/aromatic N) is 4. The maximum Gasteiger partial charge on any atom is 0.187 e. The first-order valence-corrected chi connectivity index (χ1v) is 6.99. The molecule has 0 saturated carbocycles. The number of nitrogen functional groups attached to an aromatic ring is 1. The van der Waals surface area contributed by atoms with Crippen molar-refractivity contribution in [3.63, 3.8) is 0 Å². The van der Waals surface area contributed by atoms with Crippen LogP contribution in [0.4, 0.5) is 5.69 Å². The van der Waals surface area contributed by atoms with Gasteiger partial charge in [-0.2, -0.15) is 4.68 Å². The predicted octanol–water partition coefficient (Wildman–Crippen LogP) is 3.87. The van der Waals surface area contributed by atoms with E-state index in [4.69, 9.17) is 40.5 Å². The molecule has 0 amide bonds. The van der Waals surface area contributed by atoms with E-state index in [1.807, 2.05) is 0 Å². The van der Waals surface area contributed by atoms with Crippen LogP contribution in [0.2, 0.25) is 15.1 Å². The molecular formula is C13H8Cl3N5. The number of aromatic nitrogens is 4. The Balaban J connectivity index is 2.17. The fourth-order valence-corrected chi connectivity index (χ4v) is 2.39. The van der Waals surface area contributed by atoms with Gasteiger partial charge in [0.25, 0.3) is 0 Å². The molecule has 3 aromatic rings. The van der Waals surface area contributed by atoms with Crippen molar-refractivity contribution in [1.29, 1.82) is 0 Å². The quantitative estimate of drug-likeness (QED) is 0.719. The summed E-state index contributed by atoms with van der Waals surface area (Å²) in [5.41, 5.74) is 7.49. The van der Waals surface area contributed by atoms with Gasteiger partial charge in [-0.1, -0.05) is 34.8 Å². The van der Waals surface area contributed by atoms with Gasteiger partial charge in [-0.05, 0) is 46.8 Å². The van der Waals surface area contributed by atoms with Gasteiger partial charge in [0, 0.05) is 10.6 Å². The van der Waals surface area contributed by atoms with Gasteiger partial charge in [-0.25, -0.2) is 0 Å². The van der Waals surface area contributed by atoms with E-state index in [1.54, 1.807) is 36.4 Å². The molecule has 2 N–H and O–H groups in total. The zero-order chi connectivity index (χ0) is 15.0. The molecule has 8 heteroatoms. The standard InChI is InChI=1S/C13H8Cl3N5/c14-8-2-3-9(15)12(6-8)21-13(18-19-20-21)7-1-4-11(17)10(16)5-7/h1-6H,17H2. The van der Waals surface area contributed by atoms with Gasteiger partial charge in [0.15, 0.2) is 5.82 Å². The molecule has 0 radical (unpaired) electrons. The second-order valence-corrected chi connectivity index (χ2v) is 5.50. The minimum atomic E-state index is 0.430. The number of anilines is 1. The smallest absolute Gasteiger partial charge is 0.187 e. The van der Waals surface area contributed by atoms with Crippen molar-refractivity contribution in [2.45, 2.75) is 0 Å². The Morgan fingerprint density at radius 1 is 0.952 bits per heavy atom. The molecule has 106 valence electrons. The predicted molar refractivity (Wildman–Crippen MR) is 84.0 cm³/mol. The van der Waals surface area contributed by atoms with Crippen LogP contribution in [0.3, 0.4) is 0 Å². The van der Waals surface area contributed by atoms with Crippen molar-refractivity contribution in [2.24, 2.45) is 0 Å². The molecule has 5 nitrogen and oxygen atoms in total.